The number of fused-ring (bicyclic) bond motifs is 1. The lowest BCUT2D eigenvalue weighted by Gasteiger charge is -2.07. The Morgan fingerprint density at radius 3 is 2.63 bits per heavy atom. The molecule has 0 fully saturated rings. The van der Waals surface area contributed by atoms with Gasteiger partial charge in [-0.2, -0.15) is 5.10 Å². The van der Waals surface area contributed by atoms with E-state index < -0.39 is 0 Å². The Morgan fingerprint density at radius 2 is 1.82 bits per heavy atom. The minimum absolute atomic E-state index is 0.195. The molecule has 0 unspecified atom stereocenters. The van der Waals surface area contributed by atoms with E-state index in [0.717, 1.165) is 32.7 Å². The Bertz CT molecular complexity index is 1810. The van der Waals surface area contributed by atoms with Crippen LogP contribution in [0.4, 0.5) is 5.69 Å². The topological polar surface area (TPSA) is 75.0 Å². The van der Waals surface area contributed by atoms with Crippen LogP contribution in [0.1, 0.15) is 11.3 Å². The van der Waals surface area contributed by atoms with E-state index >= 15 is 0 Å². The summed E-state index contributed by atoms with van der Waals surface area (Å²) >= 11 is 4.98. The van der Waals surface area contributed by atoms with Gasteiger partial charge in [-0.05, 0) is 55.0 Å². The molecular formula is C28H22BrN5O3S. The van der Waals surface area contributed by atoms with Crippen molar-refractivity contribution >= 4 is 39.2 Å². The lowest BCUT2D eigenvalue weighted by atomic mass is 10.2. The molecule has 3 heterocycles. The Kier molecular flexibility index (Phi) is 6.34. The summed E-state index contributed by atoms with van der Waals surface area (Å²) in [4.78, 5) is 18.9. The number of ether oxygens (including phenoxy) is 2. The van der Waals surface area contributed by atoms with E-state index in [1.807, 2.05) is 96.8 Å². The minimum atomic E-state index is -0.195. The zero-order chi connectivity index (χ0) is 26.2. The molecule has 0 atom stereocenters. The first-order chi connectivity index (χ1) is 18.5. The van der Waals surface area contributed by atoms with Crippen LogP contribution in [0.5, 0.6) is 11.5 Å². The molecule has 38 heavy (non-hydrogen) atoms. The van der Waals surface area contributed by atoms with Crippen LogP contribution in [0.3, 0.4) is 0 Å². The number of aromatic nitrogens is 3. The molecule has 8 nitrogen and oxygen atoms in total. The molecule has 190 valence electrons. The van der Waals surface area contributed by atoms with Crippen molar-refractivity contribution in [3.8, 4) is 28.4 Å². The second-order valence-corrected chi connectivity index (χ2v) is 10.4. The van der Waals surface area contributed by atoms with E-state index in [2.05, 4.69) is 15.9 Å². The molecule has 0 radical (unpaired) electrons. The van der Waals surface area contributed by atoms with E-state index in [4.69, 9.17) is 19.6 Å². The van der Waals surface area contributed by atoms with Crippen molar-refractivity contribution in [2.75, 3.05) is 6.79 Å². The third-order valence-corrected chi connectivity index (χ3v) is 7.57. The van der Waals surface area contributed by atoms with Gasteiger partial charge in [0, 0.05) is 22.5 Å². The Labute approximate surface area is 230 Å². The number of rotatable bonds is 5. The summed E-state index contributed by atoms with van der Waals surface area (Å²) in [5.74, 6) is 1.40. The van der Waals surface area contributed by atoms with Gasteiger partial charge in [0.05, 0.1) is 23.3 Å². The zero-order valence-electron chi connectivity index (χ0n) is 20.5. The Balaban J connectivity index is 1.51. The van der Waals surface area contributed by atoms with Crippen LogP contribution in [0.2, 0.25) is 0 Å². The van der Waals surface area contributed by atoms with Gasteiger partial charge in [-0.25, -0.2) is 14.4 Å². The summed E-state index contributed by atoms with van der Waals surface area (Å²) in [7, 11) is 1.86. The highest BCUT2D eigenvalue weighted by Crippen LogP contribution is 2.32. The highest BCUT2D eigenvalue weighted by Gasteiger charge is 2.17. The average Bonchev–Trinajstić information content (AvgIpc) is 3.61. The molecule has 0 amide bonds. The van der Waals surface area contributed by atoms with Gasteiger partial charge in [-0.1, -0.05) is 46.3 Å². The normalized spacial score (nSPS) is 13.1. The summed E-state index contributed by atoms with van der Waals surface area (Å²) in [5, 5.41) is 6.78. The van der Waals surface area contributed by atoms with Gasteiger partial charge in [0.2, 0.25) is 11.6 Å². The highest BCUT2D eigenvalue weighted by atomic mass is 79.9. The van der Waals surface area contributed by atoms with Crippen LogP contribution < -0.4 is 19.8 Å². The van der Waals surface area contributed by atoms with Gasteiger partial charge >= 0.3 is 0 Å². The molecule has 10 heteroatoms. The van der Waals surface area contributed by atoms with Crippen molar-refractivity contribution in [1.29, 1.82) is 0 Å². The molecule has 0 saturated carbocycles. The third-order valence-electron chi connectivity index (χ3n) is 6.26. The highest BCUT2D eigenvalue weighted by molar-refractivity contribution is 9.10. The molecule has 0 N–H and O–H groups in total. The maximum Gasteiger partial charge on any atom is 0.297 e. The van der Waals surface area contributed by atoms with E-state index in [0.29, 0.717) is 22.0 Å². The average molecular weight is 588 g/mol. The van der Waals surface area contributed by atoms with Gasteiger partial charge in [-0.3, -0.25) is 9.48 Å². The fourth-order valence-electron chi connectivity index (χ4n) is 4.23. The van der Waals surface area contributed by atoms with Gasteiger partial charge in [0.1, 0.15) is 0 Å². The van der Waals surface area contributed by atoms with E-state index in [1.54, 1.807) is 15.6 Å². The summed E-state index contributed by atoms with van der Waals surface area (Å²) in [6.45, 7) is 2.10. The number of hydrogen-bond acceptors (Lipinski definition) is 6. The lowest BCUT2D eigenvalue weighted by molar-refractivity contribution is 0.174. The SMILES string of the molecule is Cc1c(N=c2scc(-c3cccc(Br)c3)n2N=Cc2ccc3c(c2)OCO3)c(=O)n(-c2ccccc2)n1C. The van der Waals surface area contributed by atoms with Crippen LogP contribution in [0.25, 0.3) is 16.9 Å². The quantitative estimate of drug-likeness (QED) is 0.250. The van der Waals surface area contributed by atoms with Crippen molar-refractivity contribution in [2.24, 2.45) is 17.1 Å². The third kappa shape index (κ3) is 4.42. The second kappa shape index (κ2) is 9.96. The summed E-state index contributed by atoms with van der Waals surface area (Å²) in [6.07, 6.45) is 1.75. The number of para-hydroxylation sites is 1. The molecule has 3 aromatic carbocycles. The van der Waals surface area contributed by atoms with Crippen LogP contribution in [0, 0.1) is 6.92 Å². The molecule has 2 aromatic heterocycles. The van der Waals surface area contributed by atoms with E-state index in [1.165, 1.54) is 11.3 Å². The predicted octanol–water partition coefficient (Wildman–Crippen LogP) is 5.62. The van der Waals surface area contributed by atoms with Gasteiger partial charge in [0.15, 0.2) is 17.2 Å². The largest absolute Gasteiger partial charge is 0.454 e. The maximum absolute atomic E-state index is 13.5. The molecule has 0 aliphatic carbocycles. The number of thiazole rings is 1. The number of benzene rings is 3. The number of hydrogen-bond donors (Lipinski definition) is 0. The number of nitrogens with zero attached hydrogens (tertiary/aromatic N) is 5. The summed E-state index contributed by atoms with van der Waals surface area (Å²) in [6, 6.07) is 23.2. The van der Waals surface area contributed by atoms with Crippen LogP contribution >= 0.6 is 27.3 Å². The van der Waals surface area contributed by atoms with Gasteiger partial charge in [-0.15, -0.1) is 11.3 Å². The van der Waals surface area contributed by atoms with Crippen LogP contribution in [0.15, 0.2) is 97.5 Å². The fourth-order valence-corrected chi connectivity index (χ4v) is 5.47. The van der Waals surface area contributed by atoms with Crippen molar-refractivity contribution < 1.29 is 9.47 Å². The standard InChI is InChI=1S/C28H22BrN5O3S/c1-18-26(27(35)34(32(18)2)22-9-4-3-5-10-22)31-28-33(23(16-38-28)20-7-6-8-21(29)14-20)30-15-19-11-12-24-25(13-19)37-17-36-24/h3-16H,17H2,1-2H3. The number of halogens is 1. The molecule has 0 saturated heterocycles. The van der Waals surface area contributed by atoms with Crippen LogP contribution in [-0.2, 0) is 7.05 Å². The maximum atomic E-state index is 13.5. The van der Waals surface area contributed by atoms with Crippen molar-refractivity contribution in [3.05, 3.63) is 109 Å². The van der Waals surface area contributed by atoms with E-state index in [-0.39, 0.29) is 12.4 Å². The molecule has 5 aromatic rings. The second-order valence-electron chi connectivity index (χ2n) is 8.60. The molecular weight excluding hydrogens is 566 g/mol. The summed E-state index contributed by atoms with van der Waals surface area (Å²) < 4.78 is 17.1. The Hall–Kier alpha value is -4.15. The van der Waals surface area contributed by atoms with Crippen molar-refractivity contribution in [3.63, 3.8) is 0 Å². The van der Waals surface area contributed by atoms with E-state index in [9.17, 15) is 4.79 Å². The molecule has 1 aliphatic heterocycles. The molecule has 6 rings (SSSR count). The summed E-state index contributed by atoms with van der Waals surface area (Å²) in [5.41, 5.74) is 4.37. The predicted molar refractivity (Wildman–Crippen MR) is 152 cm³/mol. The first-order valence-corrected chi connectivity index (χ1v) is 13.5. The molecule has 0 spiro atoms. The van der Waals surface area contributed by atoms with Gasteiger partial charge < -0.3 is 9.47 Å². The first-order valence-electron chi connectivity index (χ1n) is 11.8. The van der Waals surface area contributed by atoms with Crippen LogP contribution in [-0.4, -0.2) is 27.0 Å². The van der Waals surface area contributed by atoms with Gasteiger partial charge in [0.25, 0.3) is 5.56 Å². The molecule has 1 aliphatic rings. The molecule has 0 bridgehead atoms. The minimum Gasteiger partial charge on any atom is -0.454 e. The first kappa shape index (κ1) is 24.2. The smallest absolute Gasteiger partial charge is 0.297 e. The van der Waals surface area contributed by atoms with Crippen molar-refractivity contribution in [2.45, 2.75) is 6.92 Å². The lowest BCUT2D eigenvalue weighted by Crippen LogP contribution is -2.19. The zero-order valence-corrected chi connectivity index (χ0v) is 22.9. The van der Waals surface area contributed by atoms with Crippen molar-refractivity contribution in [1.82, 2.24) is 14.0 Å². The monoisotopic (exact) mass is 587 g/mol. The Morgan fingerprint density at radius 1 is 1.00 bits per heavy atom. The fraction of sp³-hybridized carbons (Fsp3) is 0.107.